The van der Waals surface area contributed by atoms with Crippen molar-refractivity contribution in [2.24, 2.45) is 7.05 Å². The zero-order valence-electron chi connectivity index (χ0n) is 23.1. The number of carbonyl (C=O) groups excluding carboxylic acids is 1. The van der Waals surface area contributed by atoms with E-state index >= 15 is 0 Å². The fourth-order valence-corrected chi connectivity index (χ4v) is 5.33. The van der Waals surface area contributed by atoms with Gasteiger partial charge in [0, 0.05) is 55.3 Å². The number of aryl methyl sites for hydroxylation is 1. The van der Waals surface area contributed by atoms with Crippen molar-refractivity contribution >= 4 is 22.8 Å². The Labute approximate surface area is 242 Å². The Morgan fingerprint density at radius 1 is 0.905 bits per heavy atom. The molecule has 3 aromatic heterocycles. The monoisotopic (exact) mass is 555 g/mol. The average molecular weight is 556 g/mol. The normalized spacial score (nSPS) is 14.8. The first kappa shape index (κ1) is 25.5. The van der Waals surface area contributed by atoms with Gasteiger partial charge in [-0.05, 0) is 60.0 Å². The molecular formula is C33H29N7O2. The first-order valence-electron chi connectivity index (χ1n) is 13.9. The number of carbonyl (C=O) groups is 1. The topological polar surface area (TPSA) is 101 Å². The van der Waals surface area contributed by atoms with Crippen molar-refractivity contribution in [3.05, 3.63) is 109 Å². The van der Waals surface area contributed by atoms with Crippen LogP contribution in [0.25, 0.3) is 33.3 Å². The molecule has 6 aromatic rings. The van der Waals surface area contributed by atoms with E-state index in [4.69, 9.17) is 4.74 Å². The molecule has 1 aliphatic rings. The molecule has 1 fully saturated rings. The van der Waals surface area contributed by atoms with Crippen LogP contribution >= 0.6 is 0 Å². The van der Waals surface area contributed by atoms with Crippen molar-refractivity contribution in [2.75, 3.05) is 18.4 Å². The van der Waals surface area contributed by atoms with Crippen molar-refractivity contribution in [1.82, 2.24) is 29.9 Å². The van der Waals surface area contributed by atoms with Crippen LogP contribution < -0.4 is 10.1 Å². The van der Waals surface area contributed by atoms with E-state index in [-0.39, 0.29) is 11.9 Å². The smallest absolute Gasteiger partial charge is 0.253 e. The summed E-state index contributed by atoms with van der Waals surface area (Å²) in [6, 6.07) is 27.6. The lowest BCUT2D eigenvalue weighted by Crippen LogP contribution is -2.31. The number of nitrogens with one attached hydrogen (secondary N) is 2. The summed E-state index contributed by atoms with van der Waals surface area (Å²) in [5, 5.41) is 16.2. The summed E-state index contributed by atoms with van der Waals surface area (Å²) in [4.78, 5) is 19.7. The van der Waals surface area contributed by atoms with E-state index in [0.29, 0.717) is 18.7 Å². The van der Waals surface area contributed by atoms with Gasteiger partial charge >= 0.3 is 0 Å². The number of hydrogen-bond acceptors (Lipinski definition) is 6. The van der Waals surface area contributed by atoms with Crippen molar-refractivity contribution < 1.29 is 9.53 Å². The zero-order chi connectivity index (χ0) is 28.5. The van der Waals surface area contributed by atoms with Gasteiger partial charge in [-0.2, -0.15) is 10.2 Å². The second-order valence-corrected chi connectivity index (χ2v) is 10.5. The van der Waals surface area contributed by atoms with Crippen LogP contribution in [0.5, 0.6) is 11.5 Å². The number of anilines is 1. The summed E-state index contributed by atoms with van der Waals surface area (Å²) in [6.45, 7) is 1.29. The molecule has 0 spiro atoms. The number of para-hydroxylation sites is 1. The maximum atomic E-state index is 13.3. The molecule has 208 valence electrons. The molecule has 1 atom stereocenters. The fourth-order valence-electron chi connectivity index (χ4n) is 5.33. The number of aromatic amines is 1. The van der Waals surface area contributed by atoms with Crippen LogP contribution in [0, 0.1) is 0 Å². The van der Waals surface area contributed by atoms with E-state index in [1.165, 1.54) is 0 Å². The Bertz CT molecular complexity index is 1840. The van der Waals surface area contributed by atoms with Gasteiger partial charge in [0.05, 0.1) is 11.6 Å². The Kier molecular flexibility index (Phi) is 6.59. The van der Waals surface area contributed by atoms with Crippen LogP contribution in [-0.2, 0) is 7.05 Å². The van der Waals surface area contributed by atoms with E-state index in [0.717, 1.165) is 57.0 Å². The van der Waals surface area contributed by atoms with Crippen molar-refractivity contribution in [3.63, 3.8) is 0 Å². The number of ether oxygens (including phenoxy) is 1. The van der Waals surface area contributed by atoms with Crippen LogP contribution in [-0.4, -0.2) is 54.9 Å². The molecule has 2 N–H and O–H groups in total. The SMILES string of the molecule is Cn1cc(-c2cnc3[nH]nc(N[C@@H]4CCN(C(=O)c5ccc(-c6ccc(Oc7ccccc7)cc6)cc5)C4)c3c2)cn1. The van der Waals surface area contributed by atoms with Crippen LogP contribution in [0.15, 0.2) is 104 Å². The molecule has 0 unspecified atom stereocenters. The maximum absolute atomic E-state index is 13.3. The summed E-state index contributed by atoms with van der Waals surface area (Å²) < 4.78 is 7.67. The number of benzene rings is 3. The summed E-state index contributed by atoms with van der Waals surface area (Å²) in [7, 11) is 1.89. The quantitative estimate of drug-likeness (QED) is 0.245. The van der Waals surface area contributed by atoms with Crippen LogP contribution in [0.4, 0.5) is 5.82 Å². The Morgan fingerprint density at radius 3 is 2.38 bits per heavy atom. The highest BCUT2D eigenvalue weighted by molar-refractivity contribution is 5.95. The van der Waals surface area contributed by atoms with Gasteiger partial charge in [-0.1, -0.05) is 42.5 Å². The second-order valence-electron chi connectivity index (χ2n) is 10.5. The molecule has 1 saturated heterocycles. The van der Waals surface area contributed by atoms with Crippen molar-refractivity contribution in [2.45, 2.75) is 12.5 Å². The van der Waals surface area contributed by atoms with Gasteiger partial charge in [0.25, 0.3) is 5.91 Å². The minimum Gasteiger partial charge on any atom is -0.457 e. The van der Waals surface area contributed by atoms with E-state index in [9.17, 15) is 4.79 Å². The minimum atomic E-state index is 0.0323. The van der Waals surface area contributed by atoms with Gasteiger partial charge in [-0.25, -0.2) is 4.98 Å². The molecule has 9 heteroatoms. The molecule has 0 aliphatic carbocycles. The lowest BCUT2D eigenvalue weighted by molar-refractivity contribution is 0.0791. The largest absolute Gasteiger partial charge is 0.457 e. The number of fused-ring (bicyclic) bond motifs is 1. The van der Waals surface area contributed by atoms with Gasteiger partial charge < -0.3 is 15.0 Å². The molecule has 3 aromatic carbocycles. The Hall–Kier alpha value is -5.44. The van der Waals surface area contributed by atoms with E-state index in [1.54, 1.807) is 4.68 Å². The lowest BCUT2D eigenvalue weighted by atomic mass is 10.0. The highest BCUT2D eigenvalue weighted by Crippen LogP contribution is 2.29. The molecule has 0 saturated carbocycles. The number of amides is 1. The highest BCUT2D eigenvalue weighted by atomic mass is 16.5. The minimum absolute atomic E-state index is 0.0323. The van der Waals surface area contributed by atoms with Crippen LogP contribution in [0.1, 0.15) is 16.8 Å². The van der Waals surface area contributed by atoms with Gasteiger partial charge in [0.15, 0.2) is 11.5 Å². The van der Waals surface area contributed by atoms with Crippen LogP contribution in [0.3, 0.4) is 0 Å². The first-order chi connectivity index (χ1) is 20.6. The number of pyridine rings is 1. The van der Waals surface area contributed by atoms with E-state index in [2.05, 4.69) is 31.7 Å². The Morgan fingerprint density at radius 2 is 1.64 bits per heavy atom. The number of nitrogens with zero attached hydrogens (tertiary/aromatic N) is 5. The van der Waals surface area contributed by atoms with Gasteiger partial charge in [-0.3, -0.25) is 14.6 Å². The van der Waals surface area contributed by atoms with E-state index < -0.39 is 0 Å². The predicted molar refractivity (Wildman–Crippen MR) is 162 cm³/mol. The molecule has 0 radical (unpaired) electrons. The molecule has 0 bridgehead atoms. The fraction of sp³-hybridized carbons (Fsp3) is 0.152. The van der Waals surface area contributed by atoms with Crippen molar-refractivity contribution in [3.8, 4) is 33.8 Å². The number of aromatic nitrogens is 5. The number of hydrogen-bond donors (Lipinski definition) is 2. The highest BCUT2D eigenvalue weighted by Gasteiger charge is 2.28. The first-order valence-corrected chi connectivity index (χ1v) is 13.9. The van der Waals surface area contributed by atoms with Gasteiger partial charge in [0.2, 0.25) is 0 Å². The lowest BCUT2D eigenvalue weighted by Gasteiger charge is -2.17. The van der Waals surface area contributed by atoms with Crippen molar-refractivity contribution in [1.29, 1.82) is 0 Å². The van der Waals surface area contributed by atoms with E-state index in [1.807, 2.05) is 109 Å². The second kappa shape index (κ2) is 10.9. The number of H-pyrrole nitrogens is 1. The molecule has 42 heavy (non-hydrogen) atoms. The number of rotatable bonds is 7. The molecule has 4 heterocycles. The summed E-state index contributed by atoms with van der Waals surface area (Å²) in [5.74, 6) is 2.36. The number of likely N-dealkylation sites (tertiary alicyclic amines) is 1. The predicted octanol–water partition coefficient (Wildman–Crippen LogP) is 6.14. The van der Waals surface area contributed by atoms with Gasteiger partial charge in [-0.15, -0.1) is 0 Å². The third-order valence-electron chi connectivity index (χ3n) is 7.57. The van der Waals surface area contributed by atoms with Crippen LogP contribution in [0.2, 0.25) is 0 Å². The molecular weight excluding hydrogens is 526 g/mol. The average Bonchev–Trinajstić information content (AvgIpc) is 3.78. The molecule has 1 aliphatic heterocycles. The zero-order valence-corrected chi connectivity index (χ0v) is 23.1. The summed E-state index contributed by atoms with van der Waals surface area (Å²) in [5.41, 5.74) is 5.48. The van der Waals surface area contributed by atoms with Gasteiger partial charge in [0.1, 0.15) is 11.5 Å². The third kappa shape index (κ3) is 5.19. The summed E-state index contributed by atoms with van der Waals surface area (Å²) >= 11 is 0. The molecule has 1 amide bonds. The summed E-state index contributed by atoms with van der Waals surface area (Å²) in [6.07, 6.45) is 6.44. The Balaban J connectivity index is 0.989. The molecule has 9 nitrogen and oxygen atoms in total. The maximum Gasteiger partial charge on any atom is 0.253 e. The molecule has 7 rings (SSSR count). The third-order valence-corrected chi connectivity index (χ3v) is 7.57. The standard InChI is InChI=1S/C33H29N7O2/c1-39-20-26(19-35-39)25-17-30-31(34-18-25)37-38-32(30)36-27-15-16-40(21-27)33(41)24-9-7-22(8-10-24)23-11-13-29(14-12-23)42-28-5-3-2-4-6-28/h2-14,17-20,27H,15-16,21H2,1H3,(H2,34,36,37,38)/t27-/m1/s1.